The maximum Gasteiger partial charge on any atom is 0.213 e. The van der Waals surface area contributed by atoms with E-state index in [-0.39, 0.29) is 0 Å². The van der Waals surface area contributed by atoms with Crippen molar-refractivity contribution in [1.29, 1.82) is 0 Å². The number of aromatic nitrogens is 1. The van der Waals surface area contributed by atoms with E-state index in [1.807, 2.05) is 24.3 Å². The van der Waals surface area contributed by atoms with Gasteiger partial charge in [-0.1, -0.05) is 30.7 Å². The predicted molar refractivity (Wildman–Crippen MR) is 83.2 cm³/mol. The molecule has 20 heavy (non-hydrogen) atoms. The van der Waals surface area contributed by atoms with Crippen LogP contribution in [-0.2, 0) is 6.54 Å². The van der Waals surface area contributed by atoms with E-state index in [2.05, 4.69) is 23.3 Å². The molecule has 0 unspecified atom stereocenters. The molecular formula is C16H19ClN2O. The number of nitrogens with one attached hydrogen (secondary N) is 1. The summed E-state index contributed by atoms with van der Waals surface area (Å²) in [5.41, 5.74) is 3.19. The van der Waals surface area contributed by atoms with Gasteiger partial charge in [-0.3, -0.25) is 0 Å². The molecule has 4 heteroatoms. The number of halogens is 1. The van der Waals surface area contributed by atoms with Gasteiger partial charge in [-0.25, -0.2) is 4.98 Å². The molecule has 0 radical (unpaired) electrons. The van der Waals surface area contributed by atoms with Gasteiger partial charge in [-0.15, -0.1) is 0 Å². The Kier molecular flexibility index (Phi) is 5.39. The summed E-state index contributed by atoms with van der Waals surface area (Å²) in [6, 6.07) is 9.96. The topological polar surface area (TPSA) is 34.2 Å². The normalized spacial score (nSPS) is 10.6. The van der Waals surface area contributed by atoms with Gasteiger partial charge in [0.2, 0.25) is 5.88 Å². The number of nitrogens with zero attached hydrogens (tertiary/aromatic N) is 1. The number of hydrogen-bond donors (Lipinski definition) is 1. The summed E-state index contributed by atoms with van der Waals surface area (Å²) >= 11 is 6.38. The molecule has 2 aromatic rings. The Labute approximate surface area is 124 Å². The van der Waals surface area contributed by atoms with Crippen LogP contribution in [0.15, 0.2) is 36.5 Å². The van der Waals surface area contributed by atoms with E-state index in [9.17, 15) is 0 Å². The van der Waals surface area contributed by atoms with E-state index in [1.54, 1.807) is 13.3 Å². The highest BCUT2D eigenvalue weighted by atomic mass is 35.5. The lowest BCUT2D eigenvalue weighted by atomic mass is 10.0. The minimum atomic E-state index is 0.590. The maximum atomic E-state index is 6.38. The molecular weight excluding hydrogens is 272 g/mol. The van der Waals surface area contributed by atoms with Crippen LogP contribution >= 0.6 is 11.6 Å². The first-order chi connectivity index (χ1) is 9.74. The Balaban J connectivity index is 2.20. The smallest absolute Gasteiger partial charge is 0.213 e. The average molecular weight is 291 g/mol. The zero-order chi connectivity index (χ0) is 14.4. The second-order valence-corrected chi connectivity index (χ2v) is 4.99. The van der Waals surface area contributed by atoms with E-state index in [0.717, 1.165) is 35.7 Å². The molecule has 0 atom stereocenters. The molecule has 0 aliphatic carbocycles. The number of hydrogen-bond acceptors (Lipinski definition) is 3. The van der Waals surface area contributed by atoms with Gasteiger partial charge in [0.15, 0.2) is 0 Å². The summed E-state index contributed by atoms with van der Waals surface area (Å²) in [4.78, 5) is 4.11. The lowest BCUT2D eigenvalue weighted by Gasteiger charge is -2.09. The molecule has 0 amide bonds. The van der Waals surface area contributed by atoms with Crippen LogP contribution in [0.25, 0.3) is 11.1 Å². The largest absolute Gasteiger partial charge is 0.481 e. The molecule has 0 spiro atoms. The molecule has 1 aromatic carbocycles. The summed E-state index contributed by atoms with van der Waals surface area (Å²) in [6.07, 6.45) is 2.85. The van der Waals surface area contributed by atoms with Crippen LogP contribution in [0, 0.1) is 0 Å². The second-order valence-electron chi connectivity index (χ2n) is 4.58. The highest BCUT2D eigenvalue weighted by Gasteiger charge is 2.06. The lowest BCUT2D eigenvalue weighted by Crippen LogP contribution is -2.13. The monoisotopic (exact) mass is 290 g/mol. The van der Waals surface area contributed by atoms with Crippen molar-refractivity contribution in [2.24, 2.45) is 0 Å². The molecule has 0 aliphatic heterocycles. The first-order valence-electron chi connectivity index (χ1n) is 6.74. The van der Waals surface area contributed by atoms with E-state index >= 15 is 0 Å². The van der Waals surface area contributed by atoms with Gasteiger partial charge in [0, 0.05) is 29.4 Å². The first kappa shape index (κ1) is 14.8. The van der Waals surface area contributed by atoms with E-state index in [1.165, 1.54) is 5.56 Å². The summed E-state index contributed by atoms with van der Waals surface area (Å²) in [5.74, 6) is 0.590. The third-order valence-electron chi connectivity index (χ3n) is 3.04. The molecule has 3 nitrogen and oxygen atoms in total. The third kappa shape index (κ3) is 3.71. The summed E-state index contributed by atoms with van der Waals surface area (Å²) < 4.78 is 5.14. The second kappa shape index (κ2) is 7.27. The van der Waals surface area contributed by atoms with E-state index in [0.29, 0.717) is 5.88 Å². The third-order valence-corrected chi connectivity index (χ3v) is 3.36. The van der Waals surface area contributed by atoms with Crippen LogP contribution in [-0.4, -0.2) is 18.6 Å². The fourth-order valence-corrected chi connectivity index (χ4v) is 2.31. The molecule has 2 rings (SSSR count). The number of pyridine rings is 1. The summed E-state index contributed by atoms with van der Waals surface area (Å²) in [7, 11) is 1.61. The Hall–Kier alpha value is -1.58. The molecule has 1 aromatic heterocycles. The molecule has 0 saturated heterocycles. The van der Waals surface area contributed by atoms with Crippen molar-refractivity contribution in [1.82, 2.24) is 10.3 Å². The van der Waals surface area contributed by atoms with Gasteiger partial charge in [0.25, 0.3) is 0 Å². The average Bonchev–Trinajstić information content (AvgIpc) is 2.48. The number of rotatable bonds is 6. The Morgan fingerprint density at radius 1 is 1.25 bits per heavy atom. The first-order valence-corrected chi connectivity index (χ1v) is 7.12. The molecule has 106 valence electrons. The fraction of sp³-hybridized carbons (Fsp3) is 0.312. The quantitative estimate of drug-likeness (QED) is 0.819. The van der Waals surface area contributed by atoms with Crippen LogP contribution in [0.4, 0.5) is 0 Å². The van der Waals surface area contributed by atoms with E-state index < -0.39 is 0 Å². The molecule has 0 fully saturated rings. The van der Waals surface area contributed by atoms with Crippen molar-refractivity contribution < 1.29 is 4.74 Å². The van der Waals surface area contributed by atoms with Gasteiger partial charge in [-0.05, 0) is 36.2 Å². The lowest BCUT2D eigenvalue weighted by molar-refractivity contribution is 0.398. The highest BCUT2D eigenvalue weighted by molar-refractivity contribution is 6.33. The van der Waals surface area contributed by atoms with Crippen LogP contribution in [0.2, 0.25) is 5.02 Å². The van der Waals surface area contributed by atoms with Crippen molar-refractivity contribution in [2.45, 2.75) is 19.9 Å². The van der Waals surface area contributed by atoms with Crippen LogP contribution in [0.3, 0.4) is 0 Å². The maximum absolute atomic E-state index is 6.38. The fourth-order valence-electron chi connectivity index (χ4n) is 2.00. The van der Waals surface area contributed by atoms with Crippen LogP contribution in [0.5, 0.6) is 5.88 Å². The standard InChI is InChI=1S/C16H19ClN2O/c1-3-7-18-11-12-4-5-14(15(17)9-12)13-6-8-19-16(10-13)20-2/h4-6,8-10,18H,3,7,11H2,1-2H3. The van der Waals surface area contributed by atoms with Crippen LogP contribution < -0.4 is 10.1 Å². The Morgan fingerprint density at radius 2 is 2.10 bits per heavy atom. The predicted octanol–water partition coefficient (Wildman–Crippen LogP) is 3.91. The van der Waals surface area contributed by atoms with Crippen molar-refractivity contribution in [3.05, 3.63) is 47.1 Å². The van der Waals surface area contributed by atoms with Crippen LogP contribution in [0.1, 0.15) is 18.9 Å². The van der Waals surface area contributed by atoms with E-state index in [4.69, 9.17) is 16.3 Å². The molecule has 0 saturated carbocycles. The van der Waals surface area contributed by atoms with Gasteiger partial charge in [0.1, 0.15) is 0 Å². The van der Waals surface area contributed by atoms with Gasteiger partial charge < -0.3 is 10.1 Å². The number of methoxy groups -OCH3 is 1. The highest BCUT2D eigenvalue weighted by Crippen LogP contribution is 2.30. The van der Waals surface area contributed by atoms with Crippen molar-refractivity contribution in [2.75, 3.05) is 13.7 Å². The molecule has 1 heterocycles. The minimum absolute atomic E-state index is 0.590. The zero-order valence-electron chi connectivity index (χ0n) is 11.8. The SMILES string of the molecule is CCCNCc1ccc(-c2ccnc(OC)c2)c(Cl)c1. The van der Waals surface area contributed by atoms with Crippen molar-refractivity contribution in [3.63, 3.8) is 0 Å². The minimum Gasteiger partial charge on any atom is -0.481 e. The summed E-state index contributed by atoms with van der Waals surface area (Å²) in [6.45, 7) is 4.01. The van der Waals surface area contributed by atoms with Crippen molar-refractivity contribution >= 4 is 11.6 Å². The number of ether oxygens (including phenoxy) is 1. The zero-order valence-corrected chi connectivity index (χ0v) is 12.6. The Bertz CT molecular complexity index is 572. The van der Waals surface area contributed by atoms with Gasteiger partial charge >= 0.3 is 0 Å². The van der Waals surface area contributed by atoms with Gasteiger partial charge in [0.05, 0.1) is 7.11 Å². The Morgan fingerprint density at radius 3 is 2.80 bits per heavy atom. The van der Waals surface area contributed by atoms with Crippen molar-refractivity contribution in [3.8, 4) is 17.0 Å². The van der Waals surface area contributed by atoms with Gasteiger partial charge in [-0.2, -0.15) is 0 Å². The number of benzene rings is 1. The molecule has 0 bridgehead atoms. The summed E-state index contributed by atoms with van der Waals surface area (Å²) in [5, 5.41) is 4.11. The molecule has 0 aliphatic rings. The molecule has 1 N–H and O–H groups in total.